The number of benzene rings is 1. The van der Waals surface area contributed by atoms with Crippen LogP contribution in [0, 0.1) is 6.92 Å². The first-order valence-electron chi connectivity index (χ1n) is 5.60. The number of carboxylic acid groups (broad SMARTS) is 1. The molecule has 0 saturated heterocycles. The van der Waals surface area contributed by atoms with Gasteiger partial charge in [-0.1, -0.05) is 23.2 Å². The Morgan fingerprint density at radius 1 is 1.32 bits per heavy atom. The lowest BCUT2D eigenvalue weighted by atomic mass is 10.0. The van der Waals surface area contributed by atoms with E-state index < -0.39 is 5.97 Å². The molecule has 0 aliphatic heterocycles. The number of hydrogen-bond donors (Lipinski definition) is 1. The van der Waals surface area contributed by atoms with E-state index in [9.17, 15) is 4.79 Å². The fourth-order valence-electron chi connectivity index (χ4n) is 1.76. The topological polar surface area (TPSA) is 50.2 Å². The molecule has 0 fully saturated rings. The third kappa shape index (κ3) is 3.25. The molecule has 2 rings (SSSR count). The highest BCUT2D eigenvalue weighted by atomic mass is 35.5. The maximum Gasteiger partial charge on any atom is 0.307 e. The third-order valence-corrected chi connectivity index (χ3v) is 3.31. The molecule has 0 atom stereocenters. The van der Waals surface area contributed by atoms with Gasteiger partial charge in [0.2, 0.25) is 0 Å². The molecule has 19 heavy (non-hydrogen) atoms. The minimum absolute atomic E-state index is 0.0352. The molecular weight excluding hydrogens is 285 g/mol. The van der Waals surface area contributed by atoms with Crippen molar-refractivity contribution in [2.24, 2.45) is 0 Å². The summed E-state index contributed by atoms with van der Waals surface area (Å²) in [6, 6.07) is 6.88. The minimum Gasteiger partial charge on any atom is -0.481 e. The molecule has 0 amide bonds. The molecule has 98 valence electrons. The SMILES string of the molecule is Cc1cnc(-c2ccc(Cl)cc2Cl)cc1CC(=O)O. The van der Waals surface area contributed by atoms with Crippen molar-refractivity contribution >= 4 is 29.2 Å². The van der Waals surface area contributed by atoms with Gasteiger partial charge < -0.3 is 5.11 Å². The molecule has 0 aliphatic carbocycles. The van der Waals surface area contributed by atoms with E-state index in [1.807, 2.05) is 6.92 Å². The first-order chi connectivity index (χ1) is 8.97. The van der Waals surface area contributed by atoms with Gasteiger partial charge in [-0.3, -0.25) is 9.78 Å². The number of carbonyl (C=O) groups is 1. The van der Waals surface area contributed by atoms with Gasteiger partial charge in [0, 0.05) is 16.8 Å². The summed E-state index contributed by atoms with van der Waals surface area (Å²) >= 11 is 12.0. The second-order valence-electron chi connectivity index (χ2n) is 4.19. The Morgan fingerprint density at radius 2 is 2.05 bits per heavy atom. The van der Waals surface area contributed by atoms with Crippen molar-refractivity contribution in [3.05, 3.63) is 51.6 Å². The van der Waals surface area contributed by atoms with Crippen LogP contribution in [0.4, 0.5) is 0 Å². The molecule has 3 nitrogen and oxygen atoms in total. The molecule has 1 aromatic heterocycles. The molecule has 1 N–H and O–H groups in total. The fraction of sp³-hybridized carbons (Fsp3) is 0.143. The monoisotopic (exact) mass is 295 g/mol. The number of halogens is 2. The predicted octanol–water partition coefficient (Wildman–Crippen LogP) is 3.99. The van der Waals surface area contributed by atoms with Gasteiger partial charge in [0.25, 0.3) is 0 Å². The van der Waals surface area contributed by atoms with Crippen LogP contribution in [0.5, 0.6) is 0 Å². The Hall–Kier alpha value is -1.58. The normalized spacial score (nSPS) is 10.5. The first-order valence-corrected chi connectivity index (χ1v) is 6.35. The predicted molar refractivity (Wildman–Crippen MR) is 75.8 cm³/mol. The average Bonchev–Trinajstić information content (AvgIpc) is 2.32. The van der Waals surface area contributed by atoms with Crippen LogP contribution >= 0.6 is 23.2 Å². The van der Waals surface area contributed by atoms with Gasteiger partial charge in [-0.05, 0) is 42.3 Å². The zero-order valence-corrected chi connectivity index (χ0v) is 11.7. The standard InChI is InChI=1S/C14H11Cl2NO2/c1-8-7-17-13(4-9(8)5-14(18)19)11-3-2-10(15)6-12(11)16/h2-4,6-7H,5H2,1H3,(H,18,19). The maximum atomic E-state index is 10.8. The van der Waals surface area contributed by atoms with Gasteiger partial charge in [0.1, 0.15) is 0 Å². The first kappa shape index (κ1) is 13.8. The summed E-state index contributed by atoms with van der Waals surface area (Å²) in [6.07, 6.45) is 1.62. The highest BCUT2D eigenvalue weighted by Crippen LogP contribution is 2.30. The maximum absolute atomic E-state index is 10.8. The smallest absolute Gasteiger partial charge is 0.307 e. The van der Waals surface area contributed by atoms with Crippen molar-refractivity contribution in [3.63, 3.8) is 0 Å². The minimum atomic E-state index is -0.873. The molecule has 0 saturated carbocycles. The van der Waals surface area contributed by atoms with Crippen LogP contribution in [-0.4, -0.2) is 16.1 Å². The Morgan fingerprint density at radius 3 is 2.68 bits per heavy atom. The third-order valence-electron chi connectivity index (χ3n) is 2.76. The van der Waals surface area contributed by atoms with Crippen LogP contribution in [0.2, 0.25) is 10.0 Å². The lowest BCUT2D eigenvalue weighted by Crippen LogP contribution is -2.03. The van der Waals surface area contributed by atoms with E-state index in [0.29, 0.717) is 15.7 Å². The van der Waals surface area contributed by atoms with Gasteiger partial charge in [-0.2, -0.15) is 0 Å². The number of aliphatic carboxylic acids is 1. The average molecular weight is 296 g/mol. The largest absolute Gasteiger partial charge is 0.481 e. The molecule has 0 radical (unpaired) electrons. The van der Waals surface area contributed by atoms with E-state index in [0.717, 1.165) is 16.7 Å². The molecule has 2 aromatic rings. The number of rotatable bonds is 3. The summed E-state index contributed by atoms with van der Waals surface area (Å²) in [5.74, 6) is -0.873. The summed E-state index contributed by atoms with van der Waals surface area (Å²) < 4.78 is 0. The summed E-state index contributed by atoms with van der Waals surface area (Å²) in [5.41, 5.74) is 2.95. The molecule has 0 spiro atoms. The van der Waals surface area contributed by atoms with Crippen LogP contribution in [0.3, 0.4) is 0 Å². The Balaban J connectivity index is 2.48. The summed E-state index contributed by atoms with van der Waals surface area (Å²) in [4.78, 5) is 15.1. The van der Waals surface area contributed by atoms with Gasteiger partial charge in [-0.15, -0.1) is 0 Å². The van der Waals surface area contributed by atoms with Crippen molar-refractivity contribution in [1.82, 2.24) is 4.98 Å². The highest BCUT2D eigenvalue weighted by molar-refractivity contribution is 6.36. The van der Waals surface area contributed by atoms with Crippen LogP contribution in [-0.2, 0) is 11.2 Å². The van der Waals surface area contributed by atoms with Crippen molar-refractivity contribution in [1.29, 1.82) is 0 Å². The number of aromatic nitrogens is 1. The Labute approximate surface area is 120 Å². The Bertz CT molecular complexity index is 641. The zero-order valence-electron chi connectivity index (χ0n) is 10.2. The van der Waals surface area contributed by atoms with E-state index in [-0.39, 0.29) is 6.42 Å². The van der Waals surface area contributed by atoms with E-state index in [2.05, 4.69) is 4.98 Å². The summed E-state index contributed by atoms with van der Waals surface area (Å²) in [7, 11) is 0. The second kappa shape index (κ2) is 5.59. The van der Waals surface area contributed by atoms with Crippen LogP contribution in [0.1, 0.15) is 11.1 Å². The number of hydrogen-bond acceptors (Lipinski definition) is 2. The molecular formula is C14H11Cl2NO2. The van der Waals surface area contributed by atoms with E-state index >= 15 is 0 Å². The van der Waals surface area contributed by atoms with Crippen LogP contribution in [0.15, 0.2) is 30.5 Å². The van der Waals surface area contributed by atoms with Crippen molar-refractivity contribution < 1.29 is 9.90 Å². The number of pyridine rings is 1. The van der Waals surface area contributed by atoms with E-state index in [4.69, 9.17) is 28.3 Å². The quantitative estimate of drug-likeness (QED) is 0.931. The molecule has 5 heteroatoms. The number of aryl methyl sites for hydroxylation is 1. The lowest BCUT2D eigenvalue weighted by Gasteiger charge is -2.08. The van der Waals surface area contributed by atoms with Gasteiger partial charge >= 0.3 is 5.97 Å². The molecule has 1 heterocycles. The molecule has 0 unspecified atom stereocenters. The zero-order chi connectivity index (χ0) is 14.0. The van der Waals surface area contributed by atoms with E-state index in [1.165, 1.54) is 0 Å². The summed E-state index contributed by atoms with van der Waals surface area (Å²) in [5, 5.41) is 9.92. The van der Waals surface area contributed by atoms with Crippen molar-refractivity contribution in [2.75, 3.05) is 0 Å². The number of nitrogens with zero attached hydrogens (tertiary/aromatic N) is 1. The molecule has 0 aliphatic rings. The fourth-order valence-corrected chi connectivity index (χ4v) is 2.27. The van der Waals surface area contributed by atoms with E-state index in [1.54, 1.807) is 30.5 Å². The van der Waals surface area contributed by atoms with Crippen LogP contribution < -0.4 is 0 Å². The van der Waals surface area contributed by atoms with Gasteiger partial charge in [0.05, 0.1) is 17.1 Å². The number of carboxylic acids is 1. The van der Waals surface area contributed by atoms with Crippen molar-refractivity contribution in [2.45, 2.75) is 13.3 Å². The van der Waals surface area contributed by atoms with Crippen LogP contribution in [0.25, 0.3) is 11.3 Å². The highest BCUT2D eigenvalue weighted by Gasteiger charge is 2.10. The molecule has 1 aromatic carbocycles. The van der Waals surface area contributed by atoms with Gasteiger partial charge in [0.15, 0.2) is 0 Å². The van der Waals surface area contributed by atoms with Gasteiger partial charge in [-0.25, -0.2) is 0 Å². The summed E-state index contributed by atoms with van der Waals surface area (Å²) in [6.45, 7) is 1.83. The van der Waals surface area contributed by atoms with Crippen molar-refractivity contribution in [3.8, 4) is 11.3 Å². The second-order valence-corrected chi connectivity index (χ2v) is 5.03. The Kier molecular flexibility index (Phi) is 4.08. The molecule has 0 bridgehead atoms. The lowest BCUT2D eigenvalue weighted by molar-refractivity contribution is -0.136.